The predicted molar refractivity (Wildman–Crippen MR) is 88.4 cm³/mol. The molecule has 1 fully saturated rings. The Balaban J connectivity index is 1.54. The van der Waals surface area contributed by atoms with Gasteiger partial charge < -0.3 is 5.32 Å². The predicted octanol–water partition coefficient (Wildman–Crippen LogP) is 1.79. The van der Waals surface area contributed by atoms with E-state index in [-0.39, 0.29) is 18.0 Å². The van der Waals surface area contributed by atoms with Crippen LogP contribution < -0.4 is 10.9 Å². The molecule has 5 heteroatoms. The summed E-state index contributed by atoms with van der Waals surface area (Å²) >= 11 is 0. The van der Waals surface area contributed by atoms with Gasteiger partial charge in [0.2, 0.25) is 5.91 Å². The lowest BCUT2D eigenvalue weighted by Crippen LogP contribution is -2.34. The maximum Gasteiger partial charge on any atom is 0.267 e. The SMILES string of the molecule is Cc1ccccc1CCNC(=O)Cn1nc(C2CC2)ccc1=O. The first-order valence-electron chi connectivity index (χ1n) is 8.03. The van der Waals surface area contributed by atoms with Gasteiger partial charge in [0.15, 0.2) is 0 Å². The molecule has 1 aliphatic carbocycles. The third-order valence-corrected chi connectivity index (χ3v) is 4.15. The Morgan fingerprint density at radius 2 is 2.04 bits per heavy atom. The van der Waals surface area contributed by atoms with E-state index in [1.807, 2.05) is 12.1 Å². The number of nitrogens with zero attached hydrogens (tertiary/aromatic N) is 2. The van der Waals surface area contributed by atoms with Gasteiger partial charge in [-0.25, -0.2) is 4.68 Å². The van der Waals surface area contributed by atoms with Crippen LogP contribution in [0.2, 0.25) is 0 Å². The Bertz CT molecular complexity index is 763. The normalized spacial score (nSPS) is 13.8. The highest BCUT2D eigenvalue weighted by Crippen LogP contribution is 2.38. The van der Waals surface area contributed by atoms with Gasteiger partial charge in [-0.3, -0.25) is 9.59 Å². The van der Waals surface area contributed by atoms with Crippen LogP contribution in [0.4, 0.5) is 0 Å². The Labute approximate surface area is 135 Å². The van der Waals surface area contributed by atoms with Crippen LogP contribution in [0.3, 0.4) is 0 Å². The zero-order chi connectivity index (χ0) is 16.2. The third kappa shape index (κ3) is 4.06. The summed E-state index contributed by atoms with van der Waals surface area (Å²) in [6.07, 6.45) is 3.02. The second kappa shape index (κ2) is 6.77. The second-order valence-corrected chi connectivity index (χ2v) is 6.05. The average Bonchev–Trinajstić information content (AvgIpc) is 3.36. The minimum atomic E-state index is -0.233. The molecule has 120 valence electrons. The van der Waals surface area contributed by atoms with Gasteiger partial charge in [-0.05, 0) is 43.4 Å². The van der Waals surface area contributed by atoms with Gasteiger partial charge >= 0.3 is 0 Å². The number of hydrogen-bond donors (Lipinski definition) is 1. The Hall–Kier alpha value is -2.43. The molecule has 1 heterocycles. The average molecular weight is 311 g/mol. The van der Waals surface area contributed by atoms with Crippen molar-refractivity contribution in [2.45, 2.75) is 38.6 Å². The fourth-order valence-electron chi connectivity index (χ4n) is 2.59. The lowest BCUT2D eigenvalue weighted by Gasteiger charge is -2.09. The fraction of sp³-hybridized carbons (Fsp3) is 0.389. The number of carbonyl (C=O) groups is 1. The van der Waals surface area contributed by atoms with E-state index in [4.69, 9.17) is 0 Å². The molecule has 0 radical (unpaired) electrons. The molecule has 0 atom stereocenters. The summed E-state index contributed by atoms with van der Waals surface area (Å²) in [5.74, 6) is 0.284. The van der Waals surface area contributed by atoms with Crippen LogP contribution in [-0.4, -0.2) is 22.2 Å². The summed E-state index contributed by atoms with van der Waals surface area (Å²) < 4.78 is 1.26. The van der Waals surface area contributed by atoms with Gasteiger partial charge in [0.1, 0.15) is 6.54 Å². The number of amides is 1. The lowest BCUT2D eigenvalue weighted by molar-refractivity contribution is -0.121. The molecule has 1 aliphatic rings. The number of nitrogens with one attached hydrogen (secondary N) is 1. The fourth-order valence-corrected chi connectivity index (χ4v) is 2.59. The molecule has 0 spiro atoms. The molecule has 23 heavy (non-hydrogen) atoms. The largest absolute Gasteiger partial charge is 0.354 e. The van der Waals surface area contributed by atoms with Crippen LogP contribution in [0, 0.1) is 6.92 Å². The van der Waals surface area contributed by atoms with Gasteiger partial charge in [0, 0.05) is 18.5 Å². The minimum Gasteiger partial charge on any atom is -0.354 e. The maximum atomic E-state index is 12.0. The van der Waals surface area contributed by atoms with E-state index in [1.54, 1.807) is 6.07 Å². The first kappa shape index (κ1) is 15.5. The highest BCUT2D eigenvalue weighted by molar-refractivity contribution is 5.75. The van der Waals surface area contributed by atoms with Crippen molar-refractivity contribution >= 4 is 5.91 Å². The molecular formula is C18H21N3O2. The number of benzene rings is 1. The van der Waals surface area contributed by atoms with E-state index < -0.39 is 0 Å². The van der Waals surface area contributed by atoms with Crippen LogP contribution >= 0.6 is 0 Å². The Kier molecular flexibility index (Phi) is 4.55. The van der Waals surface area contributed by atoms with Crippen LogP contribution in [0.25, 0.3) is 0 Å². The number of aryl methyl sites for hydroxylation is 1. The van der Waals surface area contributed by atoms with E-state index >= 15 is 0 Å². The summed E-state index contributed by atoms with van der Waals surface area (Å²) in [7, 11) is 0. The zero-order valence-electron chi connectivity index (χ0n) is 13.3. The molecule has 5 nitrogen and oxygen atoms in total. The molecule has 0 aliphatic heterocycles. The van der Waals surface area contributed by atoms with Crippen molar-refractivity contribution in [2.75, 3.05) is 6.54 Å². The highest BCUT2D eigenvalue weighted by Gasteiger charge is 2.25. The van der Waals surface area contributed by atoms with E-state index in [0.717, 1.165) is 25.0 Å². The summed E-state index contributed by atoms with van der Waals surface area (Å²) in [6, 6.07) is 11.4. The molecule has 0 saturated heterocycles. The third-order valence-electron chi connectivity index (χ3n) is 4.15. The smallest absolute Gasteiger partial charge is 0.267 e. The monoisotopic (exact) mass is 311 g/mol. The van der Waals surface area contributed by atoms with Gasteiger partial charge in [-0.15, -0.1) is 0 Å². The number of carbonyl (C=O) groups excluding carboxylic acids is 1. The van der Waals surface area contributed by atoms with Crippen LogP contribution in [0.15, 0.2) is 41.2 Å². The van der Waals surface area contributed by atoms with E-state index in [2.05, 4.69) is 29.5 Å². The van der Waals surface area contributed by atoms with Crippen molar-refractivity contribution in [1.29, 1.82) is 0 Å². The van der Waals surface area contributed by atoms with Gasteiger partial charge in [-0.1, -0.05) is 24.3 Å². The lowest BCUT2D eigenvalue weighted by atomic mass is 10.1. The van der Waals surface area contributed by atoms with Crippen molar-refractivity contribution in [3.8, 4) is 0 Å². The molecule has 1 aromatic carbocycles. The number of hydrogen-bond acceptors (Lipinski definition) is 3. The van der Waals surface area contributed by atoms with Gasteiger partial charge in [0.05, 0.1) is 5.69 Å². The number of rotatable bonds is 6. The summed E-state index contributed by atoms with van der Waals surface area (Å²) in [4.78, 5) is 23.8. The van der Waals surface area contributed by atoms with Crippen LogP contribution in [0.1, 0.15) is 35.6 Å². The van der Waals surface area contributed by atoms with Crippen molar-refractivity contribution in [1.82, 2.24) is 15.1 Å². The summed E-state index contributed by atoms with van der Waals surface area (Å²) in [5, 5.41) is 7.16. The van der Waals surface area contributed by atoms with E-state index in [0.29, 0.717) is 12.5 Å². The molecule has 1 N–H and O–H groups in total. The van der Waals surface area contributed by atoms with Crippen LogP contribution in [-0.2, 0) is 17.8 Å². The first-order chi connectivity index (χ1) is 11.1. The highest BCUT2D eigenvalue weighted by atomic mass is 16.2. The topological polar surface area (TPSA) is 64.0 Å². The van der Waals surface area contributed by atoms with Crippen molar-refractivity contribution in [3.63, 3.8) is 0 Å². The molecule has 1 saturated carbocycles. The Morgan fingerprint density at radius 1 is 1.26 bits per heavy atom. The zero-order valence-corrected chi connectivity index (χ0v) is 13.3. The maximum absolute atomic E-state index is 12.0. The minimum absolute atomic E-state index is 0.0207. The molecule has 2 aromatic rings. The molecule has 0 bridgehead atoms. The second-order valence-electron chi connectivity index (χ2n) is 6.05. The number of aromatic nitrogens is 2. The van der Waals surface area contributed by atoms with Gasteiger partial charge in [-0.2, -0.15) is 5.10 Å². The van der Waals surface area contributed by atoms with Gasteiger partial charge in [0.25, 0.3) is 5.56 Å². The molecule has 3 rings (SSSR count). The van der Waals surface area contributed by atoms with Crippen molar-refractivity contribution in [3.05, 3.63) is 63.6 Å². The summed E-state index contributed by atoms with van der Waals surface area (Å²) in [5.41, 5.74) is 3.12. The quantitative estimate of drug-likeness (QED) is 0.884. The van der Waals surface area contributed by atoms with Crippen molar-refractivity contribution in [2.24, 2.45) is 0 Å². The Morgan fingerprint density at radius 3 is 2.78 bits per heavy atom. The molecule has 1 amide bonds. The van der Waals surface area contributed by atoms with E-state index in [9.17, 15) is 9.59 Å². The standard InChI is InChI=1S/C18H21N3O2/c1-13-4-2-3-5-14(13)10-11-19-17(22)12-21-18(23)9-8-16(20-21)15-6-7-15/h2-5,8-9,15H,6-7,10-12H2,1H3,(H,19,22). The molecule has 1 aromatic heterocycles. The first-order valence-corrected chi connectivity index (χ1v) is 8.03. The van der Waals surface area contributed by atoms with Crippen molar-refractivity contribution < 1.29 is 4.79 Å². The summed E-state index contributed by atoms with van der Waals surface area (Å²) in [6.45, 7) is 2.60. The molecular weight excluding hydrogens is 290 g/mol. The van der Waals surface area contributed by atoms with E-state index in [1.165, 1.54) is 21.9 Å². The molecule has 0 unspecified atom stereocenters. The van der Waals surface area contributed by atoms with Crippen LogP contribution in [0.5, 0.6) is 0 Å².